The van der Waals surface area contributed by atoms with Gasteiger partial charge in [-0.25, -0.2) is 0 Å². The molecule has 0 bridgehead atoms. The maximum absolute atomic E-state index is 9.37. The van der Waals surface area contributed by atoms with E-state index in [0.717, 1.165) is 32.2 Å². The van der Waals surface area contributed by atoms with Crippen molar-refractivity contribution in [3.05, 3.63) is 17.5 Å². The second-order valence-electron chi connectivity index (χ2n) is 4.54. The van der Waals surface area contributed by atoms with Crippen LogP contribution < -0.4 is 5.32 Å². The first-order valence-electron chi connectivity index (χ1n) is 6.14. The van der Waals surface area contributed by atoms with E-state index in [4.69, 9.17) is 0 Å². The Kier molecular flexibility index (Phi) is 4.49. The highest BCUT2D eigenvalue weighted by Crippen LogP contribution is 2.41. The molecule has 2 atom stereocenters. The third kappa shape index (κ3) is 3.25. The van der Waals surface area contributed by atoms with Crippen LogP contribution in [0.2, 0.25) is 0 Å². The molecule has 1 fully saturated rings. The lowest BCUT2D eigenvalue weighted by atomic mass is 10.00. The normalized spacial score (nSPS) is 28.1. The monoisotopic (exact) mass is 266 g/mol. The summed E-state index contributed by atoms with van der Waals surface area (Å²) in [4.78, 5) is 0. The highest BCUT2D eigenvalue weighted by molar-refractivity contribution is 8.01. The van der Waals surface area contributed by atoms with Gasteiger partial charge in [-0.2, -0.15) is 5.26 Å². The summed E-state index contributed by atoms with van der Waals surface area (Å²) in [7, 11) is 0. The van der Waals surface area contributed by atoms with E-state index in [1.165, 1.54) is 4.21 Å². The molecule has 92 valence electrons. The van der Waals surface area contributed by atoms with Gasteiger partial charge in [-0.15, -0.1) is 23.1 Å². The molecular weight excluding hydrogens is 248 g/mol. The zero-order valence-corrected chi connectivity index (χ0v) is 11.7. The van der Waals surface area contributed by atoms with Crippen LogP contribution >= 0.6 is 23.1 Å². The van der Waals surface area contributed by atoms with E-state index in [9.17, 15) is 5.26 Å². The summed E-state index contributed by atoms with van der Waals surface area (Å²) >= 11 is 3.73. The minimum Gasteiger partial charge on any atom is -0.299 e. The lowest BCUT2D eigenvalue weighted by Gasteiger charge is -2.22. The molecule has 0 aliphatic heterocycles. The van der Waals surface area contributed by atoms with Gasteiger partial charge in [-0.05, 0) is 43.7 Å². The third-order valence-electron chi connectivity index (χ3n) is 3.17. The van der Waals surface area contributed by atoms with Crippen molar-refractivity contribution in [1.29, 1.82) is 5.26 Å². The van der Waals surface area contributed by atoms with E-state index in [2.05, 4.69) is 35.8 Å². The number of thiophene rings is 1. The Balaban J connectivity index is 1.91. The van der Waals surface area contributed by atoms with Gasteiger partial charge in [0.25, 0.3) is 0 Å². The van der Waals surface area contributed by atoms with E-state index in [-0.39, 0.29) is 5.54 Å². The highest BCUT2D eigenvalue weighted by Gasteiger charge is 2.39. The SMILES string of the molecule is CCCNC1(C#N)CCC(Sc2cccs2)C1. The fourth-order valence-corrected chi connectivity index (χ4v) is 4.60. The number of hydrogen-bond donors (Lipinski definition) is 1. The average molecular weight is 266 g/mol. The zero-order valence-electron chi connectivity index (χ0n) is 10.1. The molecule has 2 nitrogen and oxygen atoms in total. The lowest BCUT2D eigenvalue weighted by Crippen LogP contribution is -2.42. The first kappa shape index (κ1) is 12.9. The van der Waals surface area contributed by atoms with Gasteiger partial charge in [-0.1, -0.05) is 13.0 Å². The molecule has 1 aliphatic rings. The molecular formula is C13H18N2S2. The summed E-state index contributed by atoms with van der Waals surface area (Å²) in [6.07, 6.45) is 4.21. The Morgan fingerprint density at radius 1 is 1.71 bits per heavy atom. The van der Waals surface area contributed by atoms with Crippen LogP contribution in [0.25, 0.3) is 0 Å². The van der Waals surface area contributed by atoms with Crippen LogP contribution in [0, 0.1) is 11.3 Å². The quantitative estimate of drug-likeness (QED) is 0.883. The van der Waals surface area contributed by atoms with Gasteiger partial charge < -0.3 is 0 Å². The average Bonchev–Trinajstić information content (AvgIpc) is 2.98. The van der Waals surface area contributed by atoms with E-state index in [1.54, 1.807) is 11.3 Å². The molecule has 2 unspecified atom stereocenters. The van der Waals surface area contributed by atoms with E-state index >= 15 is 0 Å². The molecule has 1 heterocycles. The Bertz CT molecular complexity index is 383. The first-order chi connectivity index (χ1) is 8.28. The molecule has 0 aromatic carbocycles. The second-order valence-corrected chi connectivity index (χ2v) is 7.08. The minimum absolute atomic E-state index is 0.259. The van der Waals surface area contributed by atoms with Gasteiger partial charge in [0, 0.05) is 5.25 Å². The van der Waals surface area contributed by atoms with Gasteiger partial charge in [0.15, 0.2) is 0 Å². The summed E-state index contributed by atoms with van der Waals surface area (Å²) in [6.45, 7) is 3.09. The predicted octanol–water partition coefficient (Wildman–Crippen LogP) is 3.65. The zero-order chi connectivity index (χ0) is 12.1. The Morgan fingerprint density at radius 2 is 2.59 bits per heavy atom. The van der Waals surface area contributed by atoms with Crippen molar-refractivity contribution in [2.24, 2.45) is 0 Å². The van der Waals surface area contributed by atoms with Crippen LogP contribution in [-0.4, -0.2) is 17.3 Å². The summed E-state index contributed by atoms with van der Waals surface area (Å²) in [5, 5.41) is 15.5. The minimum atomic E-state index is -0.259. The lowest BCUT2D eigenvalue weighted by molar-refractivity contribution is 0.424. The van der Waals surface area contributed by atoms with Crippen LogP contribution in [0.5, 0.6) is 0 Å². The molecule has 0 radical (unpaired) electrons. The fourth-order valence-electron chi connectivity index (χ4n) is 2.26. The molecule has 0 spiro atoms. The molecule has 1 saturated carbocycles. The fraction of sp³-hybridized carbons (Fsp3) is 0.615. The molecule has 1 aromatic heterocycles. The molecule has 17 heavy (non-hydrogen) atoms. The molecule has 0 saturated heterocycles. The van der Waals surface area contributed by atoms with Crippen LogP contribution in [-0.2, 0) is 0 Å². The van der Waals surface area contributed by atoms with E-state index in [1.807, 2.05) is 11.8 Å². The molecule has 1 N–H and O–H groups in total. The van der Waals surface area contributed by atoms with Crippen LogP contribution in [0.1, 0.15) is 32.6 Å². The Morgan fingerprint density at radius 3 is 3.24 bits per heavy atom. The van der Waals surface area contributed by atoms with Crippen LogP contribution in [0.3, 0.4) is 0 Å². The van der Waals surface area contributed by atoms with Gasteiger partial charge in [0.2, 0.25) is 0 Å². The van der Waals surface area contributed by atoms with Crippen molar-refractivity contribution >= 4 is 23.1 Å². The van der Waals surface area contributed by atoms with Crippen molar-refractivity contribution < 1.29 is 0 Å². The molecule has 0 amide bonds. The third-order valence-corrected chi connectivity index (χ3v) is 5.52. The summed E-state index contributed by atoms with van der Waals surface area (Å²) in [6, 6.07) is 6.76. The summed E-state index contributed by atoms with van der Waals surface area (Å²) in [5.41, 5.74) is -0.259. The van der Waals surface area contributed by atoms with Crippen LogP contribution in [0.4, 0.5) is 0 Å². The maximum atomic E-state index is 9.37. The Labute approximate surface area is 111 Å². The van der Waals surface area contributed by atoms with Crippen molar-refractivity contribution in [3.8, 4) is 6.07 Å². The van der Waals surface area contributed by atoms with Crippen molar-refractivity contribution in [2.45, 2.75) is 47.6 Å². The highest BCUT2D eigenvalue weighted by atomic mass is 32.2. The number of nitriles is 1. The standard InChI is InChI=1S/C13H18N2S2/c1-2-7-15-13(10-14)6-5-11(9-13)17-12-4-3-8-16-12/h3-4,8,11,15H,2,5-7,9H2,1H3. The molecule has 1 aliphatic carbocycles. The van der Waals surface area contributed by atoms with Crippen molar-refractivity contribution in [2.75, 3.05) is 6.54 Å². The first-order valence-corrected chi connectivity index (χ1v) is 7.90. The molecule has 1 aromatic rings. The van der Waals surface area contributed by atoms with E-state index in [0.29, 0.717) is 5.25 Å². The number of nitrogens with zero attached hydrogens (tertiary/aromatic N) is 1. The maximum Gasteiger partial charge on any atom is 0.107 e. The van der Waals surface area contributed by atoms with Gasteiger partial charge in [-0.3, -0.25) is 5.32 Å². The smallest absolute Gasteiger partial charge is 0.107 e. The number of thioether (sulfide) groups is 1. The summed E-state index contributed by atoms with van der Waals surface area (Å²) < 4.78 is 1.37. The van der Waals surface area contributed by atoms with Crippen LogP contribution in [0.15, 0.2) is 21.7 Å². The number of hydrogen-bond acceptors (Lipinski definition) is 4. The van der Waals surface area contributed by atoms with Gasteiger partial charge in [0.05, 0.1) is 10.3 Å². The molecule has 2 rings (SSSR count). The van der Waals surface area contributed by atoms with Gasteiger partial charge >= 0.3 is 0 Å². The number of rotatable bonds is 5. The predicted molar refractivity (Wildman–Crippen MR) is 74.5 cm³/mol. The topological polar surface area (TPSA) is 35.8 Å². The number of nitrogens with one attached hydrogen (secondary N) is 1. The Hall–Kier alpha value is -0.500. The molecule has 4 heteroatoms. The van der Waals surface area contributed by atoms with Gasteiger partial charge in [0.1, 0.15) is 5.54 Å². The van der Waals surface area contributed by atoms with Crippen molar-refractivity contribution in [1.82, 2.24) is 5.32 Å². The van der Waals surface area contributed by atoms with E-state index < -0.39 is 0 Å². The largest absolute Gasteiger partial charge is 0.299 e. The van der Waals surface area contributed by atoms with Crippen molar-refractivity contribution in [3.63, 3.8) is 0 Å². The summed E-state index contributed by atoms with van der Waals surface area (Å²) in [5.74, 6) is 0. The second kappa shape index (κ2) is 5.90.